The highest BCUT2D eigenvalue weighted by Crippen LogP contribution is 2.30. The Morgan fingerprint density at radius 1 is 1.19 bits per heavy atom. The predicted molar refractivity (Wildman–Crippen MR) is 94.0 cm³/mol. The molecule has 0 spiro atoms. The Kier molecular flexibility index (Phi) is 4.42. The largest absolute Gasteiger partial charge is 0.386 e. The van der Waals surface area contributed by atoms with Crippen LogP contribution in [0.4, 0.5) is 5.69 Å². The maximum absolute atomic E-state index is 6.27. The highest BCUT2D eigenvalue weighted by molar-refractivity contribution is 9.11. The van der Waals surface area contributed by atoms with Gasteiger partial charge in [0.05, 0.1) is 11.7 Å². The third-order valence-electron chi connectivity index (χ3n) is 3.56. The number of hydrogen-bond acceptors (Lipinski definition) is 2. The van der Waals surface area contributed by atoms with Crippen molar-refractivity contribution in [3.8, 4) is 0 Å². The molecule has 0 bridgehead atoms. The molecule has 0 saturated carbocycles. The van der Waals surface area contributed by atoms with E-state index in [0.29, 0.717) is 5.84 Å². The second-order valence-corrected chi connectivity index (χ2v) is 6.74. The molecule has 2 aromatic rings. The van der Waals surface area contributed by atoms with Crippen LogP contribution in [0.15, 0.2) is 56.4 Å². The molecule has 108 valence electrons. The van der Waals surface area contributed by atoms with Gasteiger partial charge in [-0.2, -0.15) is 0 Å². The number of rotatable bonds is 2. The second kappa shape index (κ2) is 6.30. The lowest BCUT2D eigenvalue weighted by atomic mass is 9.94. The Hall–Kier alpha value is -1.17. The first-order valence-electron chi connectivity index (χ1n) is 6.75. The summed E-state index contributed by atoms with van der Waals surface area (Å²) in [7, 11) is 0. The lowest BCUT2D eigenvalue weighted by molar-refractivity contribution is 0.601. The van der Waals surface area contributed by atoms with Gasteiger partial charge >= 0.3 is 0 Å². The van der Waals surface area contributed by atoms with Gasteiger partial charge in [-0.3, -0.25) is 0 Å². The minimum Gasteiger partial charge on any atom is -0.386 e. The van der Waals surface area contributed by atoms with Gasteiger partial charge in [0.2, 0.25) is 0 Å². The smallest absolute Gasteiger partial charge is 0.121 e. The van der Waals surface area contributed by atoms with E-state index in [9.17, 15) is 0 Å². The maximum Gasteiger partial charge on any atom is 0.121 e. The number of nitrogens with zero attached hydrogens (tertiary/aromatic N) is 1. The molecule has 0 amide bonds. The normalized spacial score (nSPS) is 18.4. The first-order valence-corrected chi connectivity index (χ1v) is 8.34. The van der Waals surface area contributed by atoms with Gasteiger partial charge in [-0.15, -0.1) is 0 Å². The number of hydrogen-bond donors (Lipinski definition) is 2. The van der Waals surface area contributed by atoms with Crippen LogP contribution in [-0.4, -0.2) is 12.4 Å². The summed E-state index contributed by atoms with van der Waals surface area (Å²) in [6, 6.07) is 14.2. The van der Waals surface area contributed by atoms with E-state index in [1.807, 2.05) is 24.3 Å². The van der Waals surface area contributed by atoms with Crippen molar-refractivity contribution in [2.24, 2.45) is 10.7 Å². The first kappa shape index (κ1) is 14.8. The Balaban J connectivity index is 1.97. The lowest BCUT2D eigenvalue weighted by Gasteiger charge is -2.26. The van der Waals surface area contributed by atoms with Crippen LogP contribution in [-0.2, 0) is 6.42 Å². The molecule has 21 heavy (non-hydrogen) atoms. The van der Waals surface area contributed by atoms with Gasteiger partial charge in [-0.25, -0.2) is 4.99 Å². The van der Waals surface area contributed by atoms with Crippen LogP contribution >= 0.6 is 31.9 Å². The number of amidine groups is 1. The van der Waals surface area contributed by atoms with Crippen molar-refractivity contribution in [3.05, 3.63) is 62.5 Å². The summed E-state index contributed by atoms with van der Waals surface area (Å²) < 4.78 is 1.91. The maximum atomic E-state index is 6.27. The zero-order valence-electron chi connectivity index (χ0n) is 11.3. The molecule has 1 unspecified atom stereocenters. The van der Waals surface area contributed by atoms with Crippen molar-refractivity contribution in [1.29, 1.82) is 0 Å². The van der Waals surface area contributed by atoms with E-state index in [1.165, 1.54) is 11.1 Å². The molecule has 0 radical (unpaired) electrons. The van der Waals surface area contributed by atoms with Crippen LogP contribution in [0.2, 0.25) is 0 Å². The van der Waals surface area contributed by atoms with E-state index in [-0.39, 0.29) is 6.04 Å². The highest BCUT2D eigenvalue weighted by Gasteiger charge is 2.22. The molecule has 1 aliphatic heterocycles. The molecule has 3 nitrogen and oxygen atoms in total. The fraction of sp³-hybridized carbons (Fsp3) is 0.188. The topological polar surface area (TPSA) is 50.4 Å². The van der Waals surface area contributed by atoms with Gasteiger partial charge in [0.15, 0.2) is 0 Å². The van der Waals surface area contributed by atoms with E-state index in [0.717, 1.165) is 27.6 Å². The summed E-state index contributed by atoms with van der Waals surface area (Å²) in [5, 5.41) is 3.45. The molecule has 1 aliphatic rings. The standard InChI is InChI=1S/C16H15Br2N3/c17-11-5-6-13(18)14(9-11)21-16(19)15-12-4-2-1-3-10(12)7-8-20-15/h1-6,9,15,20H,7-8H2,(H2,19,21). The number of benzene rings is 2. The van der Waals surface area contributed by atoms with Gasteiger partial charge in [0.25, 0.3) is 0 Å². The van der Waals surface area contributed by atoms with Crippen molar-refractivity contribution >= 4 is 43.4 Å². The Labute approximate surface area is 140 Å². The van der Waals surface area contributed by atoms with Crippen LogP contribution in [0, 0.1) is 0 Å². The average Bonchev–Trinajstić information content (AvgIpc) is 2.50. The fourth-order valence-corrected chi connectivity index (χ4v) is 3.23. The molecule has 0 saturated heterocycles. The molecule has 1 atom stereocenters. The number of nitrogens with two attached hydrogens (primary N) is 1. The van der Waals surface area contributed by atoms with Gasteiger partial charge in [0, 0.05) is 15.5 Å². The summed E-state index contributed by atoms with van der Waals surface area (Å²) in [5.74, 6) is 0.584. The van der Waals surface area contributed by atoms with Crippen LogP contribution in [0.5, 0.6) is 0 Å². The number of nitrogens with one attached hydrogen (secondary N) is 1. The quantitative estimate of drug-likeness (QED) is 0.580. The first-order chi connectivity index (χ1) is 10.1. The van der Waals surface area contributed by atoms with Crippen molar-refractivity contribution < 1.29 is 0 Å². The minimum atomic E-state index is -0.0270. The Morgan fingerprint density at radius 2 is 2.00 bits per heavy atom. The monoisotopic (exact) mass is 407 g/mol. The van der Waals surface area contributed by atoms with Gasteiger partial charge in [-0.05, 0) is 51.7 Å². The molecule has 0 fully saturated rings. The number of halogens is 2. The third kappa shape index (κ3) is 3.20. The summed E-state index contributed by atoms with van der Waals surface area (Å²) in [6.45, 7) is 0.914. The Morgan fingerprint density at radius 3 is 2.86 bits per heavy atom. The lowest BCUT2D eigenvalue weighted by Crippen LogP contribution is -2.38. The van der Waals surface area contributed by atoms with Crippen LogP contribution in [0.25, 0.3) is 0 Å². The third-order valence-corrected chi connectivity index (χ3v) is 4.73. The molecule has 1 heterocycles. The van der Waals surface area contributed by atoms with Gasteiger partial charge in [-0.1, -0.05) is 40.2 Å². The van der Waals surface area contributed by atoms with E-state index in [2.05, 4.69) is 60.4 Å². The van der Waals surface area contributed by atoms with E-state index < -0.39 is 0 Å². The molecule has 0 aromatic heterocycles. The summed E-state index contributed by atoms with van der Waals surface area (Å²) >= 11 is 6.97. The molecule has 2 aromatic carbocycles. The fourth-order valence-electron chi connectivity index (χ4n) is 2.54. The molecule has 3 N–H and O–H groups in total. The van der Waals surface area contributed by atoms with Crippen LogP contribution in [0.1, 0.15) is 17.2 Å². The molecular weight excluding hydrogens is 394 g/mol. The highest BCUT2D eigenvalue weighted by atomic mass is 79.9. The average molecular weight is 409 g/mol. The number of aliphatic imine (C=N–C) groups is 1. The molecule has 5 heteroatoms. The molecular formula is C16H15Br2N3. The van der Waals surface area contributed by atoms with Gasteiger partial charge in [0.1, 0.15) is 5.84 Å². The Bertz CT molecular complexity index is 698. The van der Waals surface area contributed by atoms with E-state index >= 15 is 0 Å². The summed E-state index contributed by atoms with van der Waals surface area (Å²) in [5.41, 5.74) is 9.65. The molecule has 3 rings (SSSR count). The summed E-state index contributed by atoms with van der Waals surface area (Å²) in [4.78, 5) is 4.60. The molecule has 0 aliphatic carbocycles. The SMILES string of the molecule is NC(=Nc1cc(Br)ccc1Br)C1NCCc2ccccc21. The summed E-state index contributed by atoms with van der Waals surface area (Å²) in [6.07, 6.45) is 1.03. The van der Waals surface area contributed by atoms with Crippen molar-refractivity contribution in [3.63, 3.8) is 0 Å². The van der Waals surface area contributed by atoms with Crippen molar-refractivity contribution in [1.82, 2.24) is 5.32 Å². The second-order valence-electron chi connectivity index (χ2n) is 4.97. The van der Waals surface area contributed by atoms with Crippen LogP contribution in [0.3, 0.4) is 0 Å². The minimum absolute atomic E-state index is 0.0270. The van der Waals surface area contributed by atoms with E-state index in [4.69, 9.17) is 5.73 Å². The van der Waals surface area contributed by atoms with Crippen LogP contribution < -0.4 is 11.1 Å². The zero-order chi connectivity index (χ0) is 14.8. The zero-order valence-corrected chi connectivity index (χ0v) is 14.5. The van der Waals surface area contributed by atoms with Crippen molar-refractivity contribution in [2.75, 3.05) is 6.54 Å². The van der Waals surface area contributed by atoms with Crippen molar-refractivity contribution in [2.45, 2.75) is 12.5 Å². The number of fused-ring (bicyclic) bond motifs is 1. The van der Waals surface area contributed by atoms with E-state index in [1.54, 1.807) is 0 Å². The predicted octanol–water partition coefficient (Wildman–Crippen LogP) is 4.09. The van der Waals surface area contributed by atoms with Gasteiger partial charge < -0.3 is 11.1 Å².